The Morgan fingerprint density at radius 2 is 2.54 bits per heavy atom. The molecule has 0 saturated carbocycles. The summed E-state index contributed by atoms with van der Waals surface area (Å²) >= 11 is 0. The van der Waals surface area contributed by atoms with Crippen LogP contribution < -0.4 is 5.32 Å². The van der Waals surface area contributed by atoms with Crippen LogP contribution in [0.3, 0.4) is 0 Å². The topological polar surface area (TPSA) is 66.7 Å². The maximum Gasteiger partial charge on any atom is 0.275 e. The van der Waals surface area contributed by atoms with Gasteiger partial charge in [-0.25, -0.2) is 0 Å². The Morgan fingerprint density at radius 3 is 3.31 bits per heavy atom. The molecule has 1 atom stereocenters. The van der Waals surface area contributed by atoms with Crippen molar-refractivity contribution in [1.82, 2.24) is 20.4 Å². The number of rotatable bonds is 1. The maximum atomic E-state index is 4.94. The van der Waals surface area contributed by atoms with E-state index in [-0.39, 0.29) is 0 Å². The van der Waals surface area contributed by atoms with Gasteiger partial charge in [0.2, 0.25) is 0 Å². The Balaban J connectivity index is 2.02. The molecule has 2 N–H and O–H groups in total. The molecule has 1 fully saturated rings. The first-order chi connectivity index (χ1) is 6.43. The van der Waals surface area contributed by atoms with Gasteiger partial charge < -0.3 is 14.8 Å². The van der Waals surface area contributed by atoms with Gasteiger partial charge in [-0.15, -0.1) is 0 Å². The lowest BCUT2D eigenvalue weighted by Crippen LogP contribution is -2.14. The molecule has 0 radical (unpaired) electrons. The van der Waals surface area contributed by atoms with Gasteiger partial charge in [-0.2, -0.15) is 4.98 Å². The van der Waals surface area contributed by atoms with Gasteiger partial charge in [0.15, 0.2) is 0 Å². The molecule has 0 bridgehead atoms. The zero-order valence-corrected chi connectivity index (χ0v) is 7.08. The summed E-state index contributed by atoms with van der Waals surface area (Å²) in [5, 5.41) is 7.01. The van der Waals surface area contributed by atoms with Crippen LogP contribution in [0, 0.1) is 0 Å². The molecule has 0 aromatic carbocycles. The number of aromatic amines is 1. The van der Waals surface area contributed by atoms with E-state index >= 15 is 0 Å². The van der Waals surface area contributed by atoms with Crippen molar-refractivity contribution in [3.63, 3.8) is 0 Å². The summed E-state index contributed by atoms with van der Waals surface area (Å²) in [4.78, 5) is 7.50. The normalized spacial score (nSPS) is 22.9. The highest BCUT2D eigenvalue weighted by Gasteiger charge is 2.20. The van der Waals surface area contributed by atoms with Crippen molar-refractivity contribution in [3.05, 3.63) is 12.0 Å². The van der Waals surface area contributed by atoms with Crippen LogP contribution in [0.2, 0.25) is 0 Å². The molecule has 1 aliphatic rings. The molecule has 2 aromatic rings. The van der Waals surface area contributed by atoms with Gasteiger partial charge in [-0.05, 0) is 19.4 Å². The number of nitrogens with one attached hydrogen (secondary N) is 2. The first kappa shape index (κ1) is 7.08. The van der Waals surface area contributed by atoms with Crippen LogP contribution in [0.4, 0.5) is 0 Å². The van der Waals surface area contributed by atoms with Crippen LogP contribution in [0.25, 0.3) is 11.2 Å². The van der Waals surface area contributed by atoms with E-state index in [0.717, 1.165) is 24.3 Å². The third-order valence-electron chi connectivity index (χ3n) is 2.43. The molecule has 1 aliphatic heterocycles. The van der Waals surface area contributed by atoms with Crippen LogP contribution in [0.1, 0.15) is 24.7 Å². The molecule has 5 nitrogen and oxygen atoms in total. The highest BCUT2D eigenvalue weighted by molar-refractivity contribution is 5.67. The minimum atomic E-state index is 0.364. The molecule has 13 heavy (non-hydrogen) atoms. The van der Waals surface area contributed by atoms with Crippen molar-refractivity contribution in [2.45, 2.75) is 18.9 Å². The van der Waals surface area contributed by atoms with Crippen LogP contribution >= 0.6 is 0 Å². The Morgan fingerprint density at radius 1 is 1.54 bits per heavy atom. The number of hydrogen-bond acceptors (Lipinski definition) is 4. The zero-order chi connectivity index (χ0) is 8.67. The third kappa shape index (κ3) is 1.04. The van der Waals surface area contributed by atoms with Gasteiger partial charge in [0.05, 0.1) is 12.2 Å². The van der Waals surface area contributed by atoms with E-state index in [9.17, 15) is 0 Å². The van der Waals surface area contributed by atoms with Crippen molar-refractivity contribution in [1.29, 1.82) is 0 Å². The van der Waals surface area contributed by atoms with Crippen LogP contribution in [-0.4, -0.2) is 21.7 Å². The fourth-order valence-corrected chi connectivity index (χ4v) is 1.76. The Bertz CT molecular complexity index is 384. The number of hydrogen-bond donors (Lipinski definition) is 2. The SMILES string of the molecule is c1noc2nc(C3CCCN3)[nH]c12. The molecular formula is C8H10N4O. The standard InChI is InChI=1S/C8H10N4O/c1-2-5(9-3-1)7-11-6-4-10-13-8(6)12-7/h4-5,9H,1-3H2,(H,11,12). The summed E-state index contributed by atoms with van der Waals surface area (Å²) in [5.74, 6) is 0.966. The summed E-state index contributed by atoms with van der Waals surface area (Å²) in [6, 6.07) is 0.364. The second-order valence-corrected chi connectivity index (χ2v) is 3.32. The number of fused-ring (bicyclic) bond motifs is 1. The number of H-pyrrole nitrogens is 1. The molecule has 5 heteroatoms. The first-order valence-electron chi connectivity index (χ1n) is 4.47. The molecule has 2 aromatic heterocycles. The van der Waals surface area contributed by atoms with Gasteiger partial charge in [0, 0.05) is 0 Å². The third-order valence-corrected chi connectivity index (χ3v) is 2.43. The molecule has 68 valence electrons. The minimum absolute atomic E-state index is 0.364. The predicted octanol–water partition coefficient (Wildman–Crippen LogP) is 0.975. The van der Waals surface area contributed by atoms with Crippen LogP contribution in [-0.2, 0) is 0 Å². The zero-order valence-electron chi connectivity index (χ0n) is 7.08. The maximum absolute atomic E-state index is 4.94. The summed E-state index contributed by atoms with van der Waals surface area (Å²) in [6.45, 7) is 1.07. The van der Waals surface area contributed by atoms with E-state index in [4.69, 9.17) is 4.52 Å². The average Bonchev–Trinajstić information content (AvgIpc) is 2.78. The lowest BCUT2D eigenvalue weighted by atomic mass is 10.2. The van der Waals surface area contributed by atoms with Crippen molar-refractivity contribution < 1.29 is 4.52 Å². The smallest absolute Gasteiger partial charge is 0.275 e. The molecular weight excluding hydrogens is 168 g/mol. The summed E-state index contributed by atoms with van der Waals surface area (Å²) in [6.07, 6.45) is 4.01. The first-order valence-corrected chi connectivity index (χ1v) is 4.47. The van der Waals surface area contributed by atoms with E-state index in [1.807, 2.05) is 0 Å². The summed E-state index contributed by atoms with van der Waals surface area (Å²) in [5.41, 5.74) is 1.48. The van der Waals surface area contributed by atoms with Crippen molar-refractivity contribution in [2.75, 3.05) is 6.54 Å². The molecule has 0 aliphatic carbocycles. The average molecular weight is 178 g/mol. The molecule has 1 unspecified atom stereocenters. The van der Waals surface area contributed by atoms with Gasteiger partial charge in [-0.1, -0.05) is 5.16 Å². The van der Waals surface area contributed by atoms with Gasteiger partial charge in [0.25, 0.3) is 5.71 Å². The van der Waals surface area contributed by atoms with Crippen LogP contribution in [0.15, 0.2) is 10.7 Å². The monoisotopic (exact) mass is 178 g/mol. The van der Waals surface area contributed by atoms with Gasteiger partial charge in [-0.3, -0.25) is 0 Å². The molecule has 0 spiro atoms. The van der Waals surface area contributed by atoms with E-state index in [0.29, 0.717) is 11.8 Å². The van der Waals surface area contributed by atoms with E-state index in [1.165, 1.54) is 6.42 Å². The lowest BCUT2D eigenvalue weighted by Gasteiger charge is -2.04. The minimum Gasteiger partial charge on any atom is -0.336 e. The van der Waals surface area contributed by atoms with Crippen molar-refractivity contribution in [2.24, 2.45) is 0 Å². The Labute approximate surface area is 74.5 Å². The second kappa shape index (κ2) is 2.56. The van der Waals surface area contributed by atoms with E-state index in [2.05, 4.69) is 20.4 Å². The number of aromatic nitrogens is 3. The second-order valence-electron chi connectivity index (χ2n) is 3.32. The largest absolute Gasteiger partial charge is 0.336 e. The molecule has 3 rings (SSSR count). The molecule has 0 amide bonds. The predicted molar refractivity (Wildman–Crippen MR) is 46.1 cm³/mol. The Kier molecular flexibility index (Phi) is 1.40. The van der Waals surface area contributed by atoms with Crippen molar-refractivity contribution in [3.8, 4) is 0 Å². The van der Waals surface area contributed by atoms with E-state index < -0.39 is 0 Å². The molecule has 1 saturated heterocycles. The molecule has 3 heterocycles. The summed E-state index contributed by atoms with van der Waals surface area (Å²) < 4.78 is 4.94. The summed E-state index contributed by atoms with van der Waals surface area (Å²) in [7, 11) is 0. The van der Waals surface area contributed by atoms with Gasteiger partial charge in [0.1, 0.15) is 11.3 Å². The number of nitrogens with zero attached hydrogens (tertiary/aromatic N) is 2. The fourth-order valence-electron chi connectivity index (χ4n) is 1.76. The van der Waals surface area contributed by atoms with Gasteiger partial charge >= 0.3 is 0 Å². The lowest BCUT2D eigenvalue weighted by molar-refractivity contribution is 0.447. The quantitative estimate of drug-likeness (QED) is 0.683. The van der Waals surface area contributed by atoms with E-state index in [1.54, 1.807) is 6.20 Å². The van der Waals surface area contributed by atoms with Crippen molar-refractivity contribution >= 4 is 11.2 Å². The highest BCUT2D eigenvalue weighted by atomic mass is 16.5. The Hall–Kier alpha value is -1.36. The highest BCUT2D eigenvalue weighted by Crippen LogP contribution is 2.22. The number of imidazole rings is 1. The van der Waals surface area contributed by atoms with Crippen LogP contribution in [0.5, 0.6) is 0 Å². The fraction of sp³-hybridized carbons (Fsp3) is 0.500.